The van der Waals surface area contributed by atoms with Crippen LogP contribution in [0.3, 0.4) is 0 Å². The fourth-order valence-electron chi connectivity index (χ4n) is 2.58. The molecule has 0 saturated carbocycles. The van der Waals surface area contributed by atoms with Gasteiger partial charge < -0.3 is 14.8 Å². The first-order valence-electron chi connectivity index (χ1n) is 7.46. The Balaban J connectivity index is 1.58. The van der Waals surface area contributed by atoms with Crippen LogP contribution in [0.25, 0.3) is 11.0 Å². The Morgan fingerprint density at radius 3 is 2.88 bits per heavy atom. The fraction of sp³-hybridized carbons (Fsp3) is 0.118. The molecule has 4 aromatic rings. The van der Waals surface area contributed by atoms with E-state index in [1.54, 1.807) is 30.3 Å². The highest BCUT2D eigenvalue weighted by atomic mass is 32.1. The second kappa shape index (κ2) is 6.40. The number of fused-ring (bicyclic) bond motifs is 1. The topological polar surface area (TPSA) is 88.2 Å². The molecule has 1 atom stereocenters. The number of hydrogen-bond acceptors (Lipinski definition) is 7. The summed E-state index contributed by atoms with van der Waals surface area (Å²) in [5.41, 5.74) is 1.15. The summed E-state index contributed by atoms with van der Waals surface area (Å²) in [6, 6.07) is 10.3. The van der Waals surface area contributed by atoms with Gasteiger partial charge in [-0.1, -0.05) is 0 Å². The Morgan fingerprint density at radius 1 is 1.24 bits per heavy atom. The highest BCUT2D eigenvalue weighted by Gasteiger charge is 2.35. The van der Waals surface area contributed by atoms with E-state index < -0.39 is 5.60 Å². The molecule has 126 valence electrons. The quantitative estimate of drug-likeness (QED) is 0.563. The van der Waals surface area contributed by atoms with Gasteiger partial charge in [-0.3, -0.25) is 4.79 Å². The van der Waals surface area contributed by atoms with Crippen molar-refractivity contribution in [3.8, 4) is 0 Å². The normalized spacial score (nSPS) is 13.6. The predicted octanol–water partition coefficient (Wildman–Crippen LogP) is 3.01. The van der Waals surface area contributed by atoms with Crippen LogP contribution in [0.5, 0.6) is 0 Å². The van der Waals surface area contributed by atoms with Crippen LogP contribution < -0.4 is 5.32 Å². The largest absolute Gasteiger partial charge is 0.466 e. The van der Waals surface area contributed by atoms with Crippen LogP contribution in [-0.4, -0.2) is 26.3 Å². The van der Waals surface area contributed by atoms with Crippen LogP contribution in [0.2, 0.25) is 0 Å². The molecule has 3 heterocycles. The molecule has 1 aromatic carbocycles. The van der Waals surface area contributed by atoms with E-state index in [0.29, 0.717) is 22.4 Å². The van der Waals surface area contributed by atoms with E-state index >= 15 is 0 Å². The molecule has 0 fully saturated rings. The molecular weight excluding hydrogens is 358 g/mol. The highest BCUT2D eigenvalue weighted by molar-refractivity contribution is 7.08. The number of carbonyl (C=O) groups excluding carboxylic acids is 1. The van der Waals surface area contributed by atoms with Crippen molar-refractivity contribution in [3.63, 3.8) is 0 Å². The zero-order chi connectivity index (χ0) is 17.3. The Bertz CT molecular complexity index is 959. The maximum Gasteiger partial charge on any atom is 0.251 e. The summed E-state index contributed by atoms with van der Waals surface area (Å²) >= 11 is 2.57. The van der Waals surface area contributed by atoms with Gasteiger partial charge >= 0.3 is 0 Å². The third-order valence-electron chi connectivity index (χ3n) is 3.95. The SMILES string of the molecule is O=C(NCC(O)(c1ccsc1)c1ccco1)c1ccc2nsnc2c1. The molecule has 1 amide bonds. The van der Waals surface area contributed by atoms with Crippen LogP contribution in [-0.2, 0) is 5.60 Å². The Labute approximate surface area is 151 Å². The van der Waals surface area contributed by atoms with E-state index in [1.807, 2.05) is 16.8 Å². The maximum atomic E-state index is 12.5. The predicted molar refractivity (Wildman–Crippen MR) is 95.8 cm³/mol. The summed E-state index contributed by atoms with van der Waals surface area (Å²) in [7, 11) is 0. The number of nitrogens with zero attached hydrogens (tertiary/aromatic N) is 2. The standard InChI is InChI=1S/C17H13N3O3S2/c21-16(11-3-4-13-14(8-11)20-25-19-13)18-10-17(22,12-5-7-24-9-12)15-2-1-6-23-15/h1-9,22H,10H2,(H,18,21). The van der Waals surface area contributed by atoms with Gasteiger partial charge in [0.2, 0.25) is 0 Å². The lowest BCUT2D eigenvalue weighted by Crippen LogP contribution is -2.41. The molecule has 0 aliphatic rings. The van der Waals surface area contributed by atoms with Crippen LogP contribution in [0, 0.1) is 0 Å². The van der Waals surface area contributed by atoms with Crippen molar-refractivity contribution in [2.45, 2.75) is 5.60 Å². The van der Waals surface area contributed by atoms with Gasteiger partial charge in [0.1, 0.15) is 16.8 Å². The number of furan rings is 1. The first kappa shape index (κ1) is 15.9. The number of carbonyl (C=O) groups is 1. The number of thiophene rings is 1. The Kier molecular flexibility index (Phi) is 4.08. The summed E-state index contributed by atoms with van der Waals surface area (Å²) in [4.78, 5) is 12.5. The number of hydrogen-bond donors (Lipinski definition) is 2. The molecule has 0 radical (unpaired) electrons. The van der Waals surface area contributed by atoms with Gasteiger partial charge in [0.05, 0.1) is 24.5 Å². The van der Waals surface area contributed by atoms with Crippen LogP contribution in [0.4, 0.5) is 0 Å². The van der Waals surface area contributed by atoms with Crippen molar-refractivity contribution in [3.05, 3.63) is 70.3 Å². The van der Waals surface area contributed by atoms with E-state index in [9.17, 15) is 9.90 Å². The summed E-state index contributed by atoms with van der Waals surface area (Å²) < 4.78 is 13.7. The fourth-order valence-corrected chi connectivity index (χ4v) is 3.82. The number of amides is 1. The van der Waals surface area contributed by atoms with Gasteiger partial charge in [0.25, 0.3) is 5.91 Å². The van der Waals surface area contributed by atoms with Gasteiger partial charge in [-0.2, -0.15) is 20.1 Å². The number of aromatic nitrogens is 2. The average molecular weight is 371 g/mol. The number of nitrogens with one attached hydrogen (secondary N) is 1. The van der Waals surface area contributed by atoms with Gasteiger partial charge in [-0.05, 0) is 47.2 Å². The molecule has 1 unspecified atom stereocenters. The molecule has 2 N–H and O–H groups in total. The van der Waals surface area contributed by atoms with Crippen molar-refractivity contribution in [1.82, 2.24) is 14.1 Å². The van der Waals surface area contributed by atoms with Gasteiger partial charge in [-0.25, -0.2) is 0 Å². The minimum Gasteiger partial charge on any atom is -0.466 e. The van der Waals surface area contributed by atoms with Gasteiger partial charge in [0.15, 0.2) is 5.60 Å². The van der Waals surface area contributed by atoms with Gasteiger partial charge in [-0.15, -0.1) is 0 Å². The van der Waals surface area contributed by atoms with E-state index in [2.05, 4.69) is 14.1 Å². The third-order valence-corrected chi connectivity index (χ3v) is 5.19. The first-order chi connectivity index (χ1) is 12.2. The van der Waals surface area contributed by atoms with E-state index in [0.717, 1.165) is 17.2 Å². The lowest BCUT2D eigenvalue weighted by atomic mass is 9.93. The van der Waals surface area contributed by atoms with Crippen LogP contribution >= 0.6 is 23.1 Å². The molecular formula is C17H13N3O3S2. The highest BCUT2D eigenvalue weighted by Crippen LogP contribution is 2.31. The molecule has 25 heavy (non-hydrogen) atoms. The van der Waals surface area contributed by atoms with Crippen LogP contribution in [0.1, 0.15) is 21.7 Å². The van der Waals surface area contributed by atoms with Crippen LogP contribution in [0.15, 0.2) is 57.8 Å². The molecule has 0 aliphatic carbocycles. The number of aliphatic hydroxyl groups is 1. The summed E-state index contributed by atoms with van der Waals surface area (Å²) in [6.07, 6.45) is 1.50. The smallest absolute Gasteiger partial charge is 0.251 e. The molecule has 4 rings (SSSR count). The van der Waals surface area contributed by atoms with E-state index in [4.69, 9.17) is 4.42 Å². The van der Waals surface area contributed by atoms with Crippen molar-refractivity contribution >= 4 is 40.0 Å². The van der Waals surface area contributed by atoms with Crippen molar-refractivity contribution in [1.29, 1.82) is 0 Å². The lowest BCUT2D eigenvalue weighted by molar-refractivity contribution is 0.0529. The van der Waals surface area contributed by atoms with Gasteiger partial charge in [0, 0.05) is 11.1 Å². The minimum absolute atomic E-state index is 0.0105. The number of rotatable bonds is 5. The third kappa shape index (κ3) is 2.95. The lowest BCUT2D eigenvalue weighted by Gasteiger charge is -2.25. The molecule has 0 aliphatic heterocycles. The monoisotopic (exact) mass is 371 g/mol. The molecule has 6 nitrogen and oxygen atoms in total. The second-order valence-electron chi connectivity index (χ2n) is 5.50. The maximum absolute atomic E-state index is 12.5. The average Bonchev–Trinajstić information content (AvgIpc) is 3.40. The molecule has 0 bridgehead atoms. The summed E-state index contributed by atoms with van der Waals surface area (Å²) in [5, 5.41) is 17.6. The molecule has 8 heteroatoms. The first-order valence-corrected chi connectivity index (χ1v) is 9.14. The minimum atomic E-state index is -1.43. The van der Waals surface area contributed by atoms with E-state index in [-0.39, 0.29) is 12.5 Å². The molecule has 0 spiro atoms. The Hall–Kier alpha value is -2.55. The van der Waals surface area contributed by atoms with Crippen molar-refractivity contribution < 1.29 is 14.3 Å². The molecule has 3 aromatic heterocycles. The summed E-state index contributed by atoms with van der Waals surface area (Å²) in [6.45, 7) is -0.0105. The zero-order valence-corrected chi connectivity index (χ0v) is 14.5. The Morgan fingerprint density at radius 2 is 2.12 bits per heavy atom. The summed E-state index contributed by atoms with van der Waals surface area (Å²) in [5.74, 6) is 0.0838. The van der Waals surface area contributed by atoms with Crippen molar-refractivity contribution in [2.24, 2.45) is 0 Å². The van der Waals surface area contributed by atoms with E-state index in [1.165, 1.54) is 17.6 Å². The zero-order valence-electron chi connectivity index (χ0n) is 12.9. The molecule has 0 saturated heterocycles. The second-order valence-corrected chi connectivity index (χ2v) is 6.81. The van der Waals surface area contributed by atoms with Crippen molar-refractivity contribution in [2.75, 3.05) is 6.54 Å². The number of benzene rings is 1.